The lowest BCUT2D eigenvalue weighted by atomic mass is 10.0. The van der Waals surface area contributed by atoms with Crippen molar-refractivity contribution in [2.45, 2.75) is 59.4 Å². The number of nitrogens with one attached hydrogen (secondary N) is 1. The lowest BCUT2D eigenvalue weighted by Crippen LogP contribution is -2.42. The van der Waals surface area contributed by atoms with Crippen molar-refractivity contribution >= 4 is 17.5 Å². The monoisotopic (exact) mass is 369 g/mol. The first-order chi connectivity index (χ1) is 12.9. The number of carbonyl (C=O) groups excluding carboxylic acids is 2. The Balaban J connectivity index is 1.78. The summed E-state index contributed by atoms with van der Waals surface area (Å²) >= 11 is 0. The topological polar surface area (TPSA) is 75.4 Å². The van der Waals surface area contributed by atoms with E-state index in [0.717, 1.165) is 24.9 Å². The van der Waals surface area contributed by atoms with Crippen molar-refractivity contribution < 1.29 is 14.1 Å². The van der Waals surface area contributed by atoms with Gasteiger partial charge in [-0.1, -0.05) is 12.1 Å². The third kappa shape index (κ3) is 3.89. The third-order valence-electron chi connectivity index (χ3n) is 5.28. The second kappa shape index (κ2) is 7.94. The number of nitrogens with zero attached hydrogens (tertiary/aromatic N) is 2. The summed E-state index contributed by atoms with van der Waals surface area (Å²) in [6.07, 6.45) is 3.91. The maximum absolute atomic E-state index is 12.8. The van der Waals surface area contributed by atoms with Crippen molar-refractivity contribution in [2.75, 3.05) is 11.9 Å². The quantitative estimate of drug-likeness (QED) is 0.879. The summed E-state index contributed by atoms with van der Waals surface area (Å²) in [4.78, 5) is 27.4. The minimum absolute atomic E-state index is 0.0614. The van der Waals surface area contributed by atoms with Crippen molar-refractivity contribution in [3.63, 3.8) is 0 Å². The fourth-order valence-electron chi connectivity index (χ4n) is 3.64. The summed E-state index contributed by atoms with van der Waals surface area (Å²) in [6.45, 7) is 8.47. The van der Waals surface area contributed by atoms with E-state index < -0.39 is 0 Å². The summed E-state index contributed by atoms with van der Waals surface area (Å²) in [5.41, 5.74) is 3.33. The molecular weight excluding hydrogens is 342 g/mol. The molecule has 6 heteroatoms. The van der Waals surface area contributed by atoms with Crippen LogP contribution in [0.1, 0.15) is 70.8 Å². The van der Waals surface area contributed by atoms with Crippen LogP contribution >= 0.6 is 0 Å². The molecule has 144 valence electrons. The molecule has 0 saturated carbocycles. The van der Waals surface area contributed by atoms with E-state index in [1.807, 2.05) is 24.8 Å². The molecule has 3 rings (SSSR count). The number of benzene rings is 1. The number of aryl methyl sites for hydroxylation is 3. The van der Waals surface area contributed by atoms with Crippen LogP contribution in [0.2, 0.25) is 0 Å². The molecule has 1 saturated heterocycles. The predicted octanol–water partition coefficient (Wildman–Crippen LogP) is 4.12. The second-order valence-corrected chi connectivity index (χ2v) is 7.24. The molecule has 1 aromatic carbocycles. The van der Waals surface area contributed by atoms with Gasteiger partial charge < -0.3 is 14.7 Å². The number of rotatable bonds is 4. The van der Waals surface area contributed by atoms with Crippen LogP contribution in [0.25, 0.3) is 0 Å². The van der Waals surface area contributed by atoms with Gasteiger partial charge in [0.15, 0.2) is 0 Å². The van der Waals surface area contributed by atoms with E-state index in [2.05, 4.69) is 17.4 Å². The van der Waals surface area contributed by atoms with E-state index in [0.29, 0.717) is 34.7 Å². The van der Waals surface area contributed by atoms with Gasteiger partial charge in [-0.05, 0) is 70.2 Å². The average Bonchev–Trinajstić information content (AvgIpc) is 3.04. The number of anilines is 1. The number of piperidine rings is 1. The van der Waals surface area contributed by atoms with Gasteiger partial charge in [0.2, 0.25) is 0 Å². The zero-order valence-electron chi connectivity index (χ0n) is 16.5. The van der Waals surface area contributed by atoms with E-state index in [-0.39, 0.29) is 17.9 Å². The van der Waals surface area contributed by atoms with Gasteiger partial charge in [0.25, 0.3) is 11.8 Å². The molecule has 0 radical (unpaired) electrons. The van der Waals surface area contributed by atoms with Crippen molar-refractivity contribution in [3.8, 4) is 0 Å². The number of carbonyl (C=O) groups is 2. The molecule has 2 aromatic rings. The summed E-state index contributed by atoms with van der Waals surface area (Å²) in [7, 11) is 0. The van der Waals surface area contributed by atoms with E-state index in [9.17, 15) is 9.59 Å². The molecule has 1 aliphatic rings. The molecule has 2 heterocycles. The molecule has 1 aliphatic heterocycles. The standard InChI is InChI=1S/C21H27N3O3/c1-5-17-19(15(4)27-23-17)20(25)22-18-10-9-16(12-13(18)2)21(26)24-11-7-6-8-14(24)3/h9-10,12,14H,5-8,11H2,1-4H3,(H,22,25). The number of hydrogen-bond donors (Lipinski definition) is 1. The first kappa shape index (κ1) is 19.1. The van der Waals surface area contributed by atoms with Crippen molar-refractivity contribution in [1.29, 1.82) is 0 Å². The molecule has 1 aromatic heterocycles. The highest BCUT2D eigenvalue weighted by molar-refractivity contribution is 6.06. The SMILES string of the molecule is CCc1noc(C)c1C(=O)Nc1ccc(C(=O)N2CCCCC2C)cc1C. The van der Waals surface area contributed by atoms with Crippen LogP contribution in [-0.2, 0) is 6.42 Å². The first-order valence-electron chi connectivity index (χ1n) is 9.60. The maximum Gasteiger partial charge on any atom is 0.261 e. The number of amides is 2. The highest BCUT2D eigenvalue weighted by Gasteiger charge is 2.25. The van der Waals surface area contributed by atoms with Gasteiger partial charge in [0, 0.05) is 23.8 Å². The Labute approximate surface area is 159 Å². The molecule has 1 fully saturated rings. The third-order valence-corrected chi connectivity index (χ3v) is 5.28. The molecule has 2 amide bonds. The Morgan fingerprint density at radius 3 is 2.74 bits per heavy atom. The van der Waals surface area contributed by atoms with E-state index >= 15 is 0 Å². The molecule has 1 atom stereocenters. The molecule has 6 nitrogen and oxygen atoms in total. The van der Waals surface area contributed by atoms with Gasteiger partial charge in [0.05, 0.1) is 5.69 Å². The Morgan fingerprint density at radius 2 is 2.07 bits per heavy atom. The van der Waals surface area contributed by atoms with Crippen LogP contribution in [0, 0.1) is 13.8 Å². The van der Waals surface area contributed by atoms with Crippen molar-refractivity contribution in [3.05, 3.63) is 46.3 Å². The van der Waals surface area contributed by atoms with Crippen molar-refractivity contribution in [1.82, 2.24) is 10.1 Å². The molecule has 1 N–H and O–H groups in total. The van der Waals surface area contributed by atoms with Gasteiger partial charge in [-0.15, -0.1) is 0 Å². The van der Waals surface area contributed by atoms with Crippen LogP contribution in [-0.4, -0.2) is 34.5 Å². The number of likely N-dealkylation sites (tertiary alicyclic amines) is 1. The van der Waals surface area contributed by atoms with E-state index in [4.69, 9.17) is 4.52 Å². The zero-order chi connectivity index (χ0) is 19.6. The fourth-order valence-corrected chi connectivity index (χ4v) is 3.64. The highest BCUT2D eigenvalue weighted by Crippen LogP contribution is 2.23. The first-order valence-corrected chi connectivity index (χ1v) is 9.60. The average molecular weight is 369 g/mol. The smallest absolute Gasteiger partial charge is 0.261 e. The normalized spacial score (nSPS) is 17.0. The van der Waals surface area contributed by atoms with Gasteiger partial charge in [-0.3, -0.25) is 9.59 Å². The Morgan fingerprint density at radius 1 is 1.30 bits per heavy atom. The van der Waals surface area contributed by atoms with Gasteiger partial charge in [-0.2, -0.15) is 0 Å². The van der Waals surface area contributed by atoms with Crippen LogP contribution in [0.5, 0.6) is 0 Å². The van der Waals surface area contributed by atoms with Gasteiger partial charge >= 0.3 is 0 Å². The van der Waals surface area contributed by atoms with E-state index in [1.165, 1.54) is 6.42 Å². The Kier molecular flexibility index (Phi) is 5.63. The summed E-state index contributed by atoms with van der Waals surface area (Å²) < 4.78 is 5.14. The van der Waals surface area contributed by atoms with Crippen LogP contribution in [0.4, 0.5) is 5.69 Å². The second-order valence-electron chi connectivity index (χ2n) is 7.24. The highest BCUT2D eigenvalue weighted by atomic mass is 16.5. The summed E-state index contributed by atoms with van der Waals surface area (Å²) in [6, 6.07) is 5.70. The lowest BCUT2D eigenvalue weighted by Gasteiger charge is -2.33. The Hall–Kier alpha value is -2.63. The predicted molar refractivity (Wildman–Crippen MR) is 104 cm³/mol. The number of aromatic nitrogens is 1. The maximum atomic E-state index is 12.8. The van der Waals surface area contributed by atoms with Crippen molar-refractivity contribution in [2.24, 2.45) is 0 Å². The molecule has 0 aliphatic carbocycles. The van der Waals surface area contributed by atoms with E-state index in [1.54, 1.807) is 19.1 Å². The molecule has 0 bridgehead atoms. The molecule has 0 spiro atoms. The minimum Gasteiger partial charge on any atom is -0.361 e. The Bertz CT molecular complexity index is 856. The minimum atomic E-state index is -0.238. The summed E-state index contributed by atoms with van der Waals surface area (Å²) in [5, 5.41) is 6.85. The van der Waals surface area contributed by atoms with Crippen LogP contribution < -0.4 is 5.32 Å². The summed E-state index contributed by atoms with van der Waals surface area (Å²) in [5.74, 6) is 0.330. The zero-order valence-corrected chi connectivity index (χ0v) is 16.5. The lowest BCUT2D eigenvalue weighted by molar-refractivity contribution is 0.0635. The van der Waals surface area contributed by atoms with Crippen LogP contribution in [0.15, 0.2) is 22.7 Å². The molecule has 27 heavy (non-hydrogen) atoms. The largest absolute Gasteiger partial charge is 0.361 e. The van der Waals surface area contributed by atoms with Gasteiger partial charge in [-0.25, -0.2) is 0 Å². The fraction of sp³-hybridized carbons (Fsp3) is 0.476. The molecular formula is C21H27N3O3. The van der Waals surface area contributed by atoms with Gasteiger partial charge in [0.1, 0.15) is 11.3 Å². The van der Waals surface area contributed by atoms with Crippen LogP contribution in [0.3, 0.4) is 0 Å². The number of hydrogen-bond acceptors (Lipinski definition) is 4. The molecule has 1 unspecified atom stereocenters.